The number of anilines is 1. The van der Waals surface area contributed by atoms with E-state index in [4.69, 9.17) is 5.73 Å². The number of nitrogens with one attached hydrogen (secondary N) is 2. The Bertz CT molecular complexity index is 931. The Labute approximate surface area is 154 Å². The fourth-order valence-electron chi connectivity index (χ4n) is 3.13. The van der Waals surface area contributed by atoms with Gasteiger partial charge in [0.15, 0.2) is 17.3 Å². The van der Waals surface area contributed by atoms with Gasteiger partial charge in [0.05, 0.1) is 17.3 Å². The highest BCUT2D eigenvalue weighted by Crippen LogP contribution is 2.28. The largest absolute Gasteiger partial charge is 0.379 e. The van der Waals surface area contributed by atoms with Crippen LogP contribution < -0.4 is 16.4 Å². The predicted octanol–water partition coefficient (Wildman–Crippen LogP) is 0.597. The first-order chi connectivity index (χ1) is 12.2. The SMILES string of the molecule is CCn1c(-c2nonc2N)nc2cncc(C(=O)N[C@H]3CCNC3)c21.Cl. The molecule has 0 radical (unpaired) electrons. The second-order valence-electron chi connectivity index (χ2n) is 5.90. The lowest BCUT2D eigenvalue weighted by Gasteiger charge is -2.13. The van der Waals surface area contributed by atoms with Crippen LogP contribution in [0.1, 0.15) is 23.7 Å². The Kier molecular flexibility index (Phi) is 5.05. The smallest absolute Gasteiger partial charge is 0.255 e. The van der Waals surface area contributed by atoms with E-state index in [9.17, 15) is 4.79 Å². The van der Waals surface area contributed by atoms with E-state index in [-0.39, 0.29) is 30.2 Å². The highest BCUT2D eigenvalue weighted by atomic mass is 35.5. The molecule has 1 aliphatic heterocycles. The molecular formula is C15H19ClN8O2. The summed E-state index contributed by atoms with van der Waals surface area (Å²) >= 11 is 0. The first kappa shape index (κ1) is 18.1. The molecule has 11 heteroatoms. The summed E-state index contributed by atoms with van der Waals surface area (Å²) in [5.41, 5.74) is 7.91. The Morgan fingerprint density at radius 2 is 2.31 bits per heavy atom. The Morgan fingerprint density at radius 1 is 1.46 bits per heavy atom. The number of nitrogens with two attached hydrogens (primary N) is 1. The van der Waals surface area contributed by atoms with Gasteiger partial charge in [-0.3, -0.25) is 9.78 Å². The molecule has 4 rings (SSSR count). The zero-order valence-electron chi connectivity index (χ0n) is 14.1. The standard InChI is InChI=1S/C15H18N8O2.ClH/c1-2-23-12-9(15(24)19-8-3-4-17-5-8)6-18-7-10(12)20-14(23)11-13(16)22-25-21-11;/h6-8,17H,2-5H2,1H3,(H2,16,22)(H,19,24);1H/t8-;/m0./s1. The summed E-state index contributed by atoms with van der Waals surface area (Å²) in [6.45, 7) is 4.21. The topological polar surface area (TPSA) is 137 Å². The number of aryl methyl sites for hydroxylation is 1. The van der Waals surface area contributed by atoms with Crippen LogP contribution in [0.5, 0.6) is 0 Å². The third-order valence-electron chi connectivity index (χ3n) is 4.33. The van der Waals surface area contributed by atoms with E-state index < -0.39 is 0 Å². The quantitative estimate of drug-likeness (QED) is 0.600. The Hall–Kier alpha value is -2.72. The van der Waals surface area contributed by atoms with Gasteiger partial charge in [0.2, 0.25) is 0 Å². The van der Waals surface area contributed by atoms with Crippen molar-refractivity contribution in [2.24, 2.45) is 0 Å². The van der Waals surface area contributed by atoms with Crippen molar-refractivity contribution in [2.45, 2.75) is 25.9 Å². The number of amides is 1. The van der Waals surface area contributed by atoms with Crippen molar-refractivity contribution in [1.82, 2.24) is 35.5 Å². The molecule has 0 saturated carbocycles. The van der Waals surface area contributed by atoms with Crippen LogP contribution in [0.2, 0.25) is 0 Å². The fourth-order valence-corrected chi connectivity index (χ4v) is 3.13. The molecule has 26 heavy (non-hydrogen) atoms. The molecule has 10 nitrogen and oxygen atoms in total. The average Bonchev–Trinajstić information content (AvgIpc) is 3.33. The zero-order valence-corrected chi connectivity index (χ0v) is 14.9. The average molecular weight is 379 g/mol. The number of carbonyl (C=O) groups excluding carboxylic acids is 1. The molecule has 1 atom stereocenters. The number of halogens is 1. The van der Waals surface area contributed by atoms with Gasteiger partial charge in [-0.15, -0.1) is 12.4 Å². The molecule has 1 amide bonds. The van der Waals surface area contributed by atoms with E-state index >= 15 is 0 Å². The van der Waals surface area contributed by atoms with Gasteiger partial charge in [-0.1, -0.05) is 0 Å². The van der Waals surface area contributed by atoms with Crippen LogP contribution >= 0.6 is 12.4 Å². The molecule has 0 bridgehead atoms. The van der Waals surface area contributed by atoms with Crippen LogP contribution in [0.25, 0.3) is 22.6 Å². The fraction of sp³-hybridized carbons (Fsp3) is 0.400. The second kappa shape index (κ2) is 7.26. The van der Waals surface area contributed by atoms with E-state index in [1.54, 1.807) is 12.4 Å². The molecule has 3 aromatic rings. The van der Waals surface area contributed by atoms with Crippen molar-refractivity contribution in [3.05, 3.63) is 18.0 Å². The normalized spacial score (nSPS) is 16.6. The van der Waals surface area contributed by atoms with Gasteiger partial charge < -0.3 is 20.9 Å². The number of aromatic nitrogens is 5. The molecule has 0 aromatic carbocycles. The van der Waals surface area contributed by atoms with Crippen molar-refractivity contribution in [3.63, 3.8) is 0 Å². The summed E-state index contributed by atoms with van der Waals surface area (Å²) in [5.74, 6) is 0.487. The molecule has 138 valence electrons. The molecule has 0 aliphatic carbocycles. The molecule has 1 fully saturated rings. The minimum Gasteiger partial charge on any atom is -0.379 e. The molecule has 4 N–H and O–H groups in total. The van der Waals surface area contributed by atoms with Gasteiger partial charge in [-0.05, 0) is 30.2 Å². The van der Waals surface area contributed by atoms with Crippen molar-refractivity contribution in [1.29, 1.82) is 0 Å². The lowest BCUT2D eigenvalue weighted by molar-refractivity contribution is 0.0941. The lowest BCUT2D eigenvalue weighted by atomic mass is 10.2. The highest BCUT2D eigenvalue weighted by Gasteiger charge is 2.24. The summed E-state index contributed by atoms with van der Waals surface area (Å²) in [7, 11) is 0. The van der Waals surface area contributed by atoms with E-state index in [0.717, 1.165) is 19.5 Å². The lowest BCUT2D eigenvalue weighted by Crippen LogP contribution is -2.36. The van der Waals surface area contributed by atoms with Crippen molar-refractivity contribution in [3.8, 4) is 11.5 Å². The van der Waals surface area contributed by atoms with Crippen LogP contribution in [0.15, 0.2) is 17.0 Å². The zero-order chi connectivity index (χ0) is 17.4. The van der Waals surface area contributed by atoms with Gasteiger partial charge in [0.25, 0.3) is 5.91 Å². The third-order valence-corrected chi connectivity index (χ3v) is 4.33. The van der Waals surface area contributed by atoms with Gasteiger partial charge in [-0.2, -0.15) is 0 Å². The van der Waals surface area contributed by atoms with Gasteiger partial charge in [0.1, 0.15) is 5.52 Å². The molecule has 0 spiro atoms. The van der Waals surface area contributed by atoms with E-state index in [2.05, 4.69) is 35.5 Å². The molecule has 4 heterocycles. The molecule has 1 saturated heterocycles. The number of hydrogen-bond acceptors (Lipinski definition) is 8. The third kappa shape index (κ3) is 2.97. The van der Waals surface area contributed by atoms with Gasteiger partial charge >= 0.3 is 0 Å². The van der Waals surface area contributed by atoms with Crippen molar-refractivity contribution in [2.75, 3.05) is 18.8 Å². The minimum atomic E-state index is -0.167. The van der Waals surface area contributed by atoms with Crippen LogP contribution in [0, 0.1) is 0 Å². The van der Waals surface area contributed by atoms with Gasteiger partial charge in [-0.25, -0.2) is 9.61 Å². The maximum absolute atomic E-state index is 12.8. The number of hydrogen-bond donors (Lipinski definition) is 3. The van der Waals surface area contributed by atoms with Crippen LogP contribution in [-0.2, 0) is 6.54 Å². The summed E-state index contributed by atoms with van der Waals surface area (Å²) in [4.78, 5) is 21.4. The molecular weight excluding hydrogens is 360 g/mol. The molecule has 3 aromatic heterocycles. The maximum Gasteiger partial charge on any atom is 0.255 e. The summed E-state index contributed by atoms with van der Waals surface area (Å²) in [6.07, 6.45) is 4.08. The molecule has 0 unspecified atom stereocenters. The van der Waals surface area contributed by atoms with Crippen molar-refractivity contribution >= 4 is 35.2 Å². The monoisotopic (exact) mass is 378 g/mol. The number of rotatable bonds is 4. The first-order valence-corrected chi connectivity index (χ1v) is 8.13. The first-order valence-electron chi connectivity index (χ1n) is 8.13. The summed E-state index contributed by atoms with van der Waals surface area (Å²) in [6, 6.07) is 0.121. The summed E-state index contributed by atoms with van der Waals surface area (Å²) < 4.78 is 6.55. The Morgan fingerprint density at radius 3 is 2.96 bits per heavy atom. The number of carbonyl (C=O) groups is 1. The maximum atomic E-state index is 12.8. The number of nitrogens with zero attached hydrogens (tertiary/aromatic N) is 5. The number of nitrogen functional groups attached to an aromatic ring is 1. The number of fused-ring (bicyclic) bond motifs is 1. The number of imidazole rings is 1. The van der Waals surface area contributed by atoms with Crippen LogP contribution in [-0.4, -0.2) is 49.9 Å². The van der Waals surface area contributed by atoms with Crippen LogP contribution in [0.3, 0.4) is 0 Å². The second-order valence-corrected chi connectivity index (χ2v) is 5.90. The van der Waals surface area contributed by atoms with Crippen LogP contribution in [0.4, 0.5) is 5.82 Å². The minimum absolute atomic E-state index is 0. The van der Waals surface area contributed by atoms with E-state index in [1.165, 1.54) is 0 Å². The highest BCUT2D eigenvalue weighted by molar-refractivity contribution is 6.05. The van der Waals surface area contributed by atoms with Crippen molar-refractivity contribution < 1.29 is 9.42 Å². The number of pyridine rings is 1. The predicted molar refractivity (Wildman–Crippen MR) is 96.9 cm³/mol. The van der Waals surface area contributed by atoms with E-state index in [0.29, 0.717) is 34.7 Å². The van der Waals surface area contributed by atoms with Gasteiger partial charge in [0, 0.05) is 25.3 Å². The molecule has 1 aliphatic rings. The van der Waals surface area contributed by atoms with E-state index in [1.807, 2.05) is 11.5 Å². The Balaban J connectivity index is 0.00000196. The summed E-state index contributed by atoms with van der Waals surface area (Å²) in [5, 5.41) is 13.7.